The van der Waals surface area contributed by atoms with Gasteiger partial charge in [-0.05, 0) is 67.1 Å². The van der Waals surface area contributed by atoms with Gasteiger partial charge < -0.3 is 19.9 Å². The summed E-state index contributed by atoms with van der Waals surface area (Å²) in [7, 11) is 3.36. The summed E-state index contributed by atoms with van der Waals surface area (Å²) in [5, 5.41) is 14.6. The van der Waals surface area contributed by atoms with Crippen molar-refractivity contribution < 1.29 is 19.9 Å². The fourth-order valence-corrected chi connectivity index (χ4v) is 5.06. The monoisotopic (exact) mass is 456 g/mol. The zero-order chi connectivity index (χ0) is 24.0. The Bertz CT molecular complexity index is 1120. The number of ether oxygens (including phenoxy) is 2. The molecular weight excluding hydrogens is 422 g/mol. The van der Waals surface area contributed by atoms with Crippen LogP contribution in [0.4, 0.5) is 0 Å². The van der Waals surface area contributed by atoms with Crippen molar-refractivity contribution in [2.75, 3.05) is 14.2 Å². The third-order valence-electron chi connectivity index (χ3n) is 6.86. The van der Waals surface area contributed by atoms with Crippen molar-refractivity contribution in [3.63, 3.8) is 0 Å². The lowest BCUT2D eigenvalue weighted by molar-refractivity contribution is -0.755. The third kappa shape index (κ3) is 5.28. The first-order chi connectivity index (χ1) is 16.6. The van der Waals surface area contributed by atoms with Gasteiger partial charge in [-0.1, -0.05) is 43.4 Å². The van der Waals surface area contributed by atoms with Crippen molar-refractivity contribution in [3.8, 4) is 23.3 Å². The lowest BCUT2D eigenvalue weighted by Gasteiger charge is -2.44. The van der Waals surface area contributed by atoms with Crippen LogP contribution in [0.15, 0.2) is 78.9 Å². The van der Waals surface area contributed by atoms with Crippen molar-refractivity contribution in [2.24, 2.45) is 5.92 Å². The molecule has 4 nitrogen and oxygen atoms in total. The van der Waals surface area contributed by atoms with Gasteiger partial charge in [-0.25, -0.2) is 0 Å². The highest BCUT2D eigenvalue weighted by Gasteiger charge is 2.50. The van der Waals surface area contributed by atoms with E-state index in [4.69, 9.17) is 9.47 Å². The second-order valence-electron chi connectivity index (χ2n) is 9.01. The molecule has 0 saturated carbocycles. The number of hydrogen-bond acceptors (Lipinski definition) is 3. The van der Waals surface area contributed by atoms with Crippen molar-refractivity contribution in [1.29, 1.82) is 0 Å². The average Bonchev–Trinajstić information content (AvgIpc) is 2.89. The van der Waals surface area contributed by atoms with Crippen molar-refractivity contribution in [3.05, 3.63) is 95.6 Å². The summed E-state index contributed by atoms with van der Waals surface area (Å²) in [5.41, 5.74) is 2.14. The Labute approximate surface area is 202 Å². The minimum atomic E-state index is -1.12. The van der Waals surface area contributed by atoms with Gasteiger partial charge >= 0.3 is 0 Å². The van der Waals surface area contributed by atoms with Crippen molar-refractivity contribution in [2.45, 2.75) is 43.9 Å². The molecule has 1 heterocycles. The number of methoxy groups -OCH3 is 2. The van der Waals surface area contributed by atoms with E-state index in [1.54, 1.807) is 14.2 Å². The second-order valence-corrected chi connectivity index (χ2v) is 9.01. The van der Waals surface area contributed by atoms with Crippen LogP contribution in [-0.4, -0.2) is 24.9 Å². The van der Waals surface area contributed by atoms with Crippen molar-refractivity contribution in [1.82, 2.24) is 0 Å². The number of benzene rings is 3. The molecule has 0 spiro atoms. The molecule has 0 radical (unpaired) electrons. The van der Waals surface area contributed by atoms with Crippen LogP contribution in [0, 0.1) is 17.8 Å². The molecule has 1 fully saturated rings. The predicted molar refractivity (Wildman–Crippen MR) is 135 cm³/mol. The standard InChI is InChI=1S/C30H33NO3/c1-4-8-27-29(24-13-17-26(34-3)18-14-24)31-28(23-11-15-25(33-2)16-12-23)21-30(27,32)20-19-22-9-6-5-7-10-22/h5-7,9-18,27-29,31-32H,4,8,21H2,1-3H3/p+1. The Hall–Kier alpha value is -3.26. The molecule has 0 bridgehead atoms. The summed E-state index contributed by atoms with van der Waals surface area (Å²) in [6, 6.07) is 26.4. The fourth-order valence-electron chi connectivity index (χ4n) is 5.06. The first-order valence-corrected chi connectivity index (χ1v) is 12.0. The summed E-state index contributed by atoms with van der Waals surface area (Å²) in [6.45, 7) is 2.17. The van der Waals surface area contributed by atoms with E-state index in [0.717, 1.165) is 35.5 Å². The highest BCUT2D eigenvalue weighted by molar-refractivity contribution is 5.38. The van der Waals surface area contributed by atoms with Crippen LogP contribution < -0.4 is 14.8 Å². The molecule has 176 valence electrons. The molecule has 1 aliphatic heterocycles. The topological polar surface area (TPSA) is 55.3 Å². The summed E-state index contributed by atoms with van der Waals surface area (Å²) >= 11 is 0. The summed E-state index contributed by atoms with van der Waals surface area (Å²) in [5.74, 6) is 8.26. The maximum atomic E-state index is 12.1. The zero-order valence-electron chi connectivity index (χ0n) is 20.2. The number of aliphatic hydroxyl groups is 1. The molecule has 4 heteroatoms. The minimum Gasteiger partial charge on any atom is -0.497 e. The van der Waals surface area contributed by atoms with Crippen LogP contribution in [0.25, 0.3) is 0 Å². The Morgan fingerprint density at radius 1 is 0.882 bits per heavy atom. The molecule has 3 aromatic carbocycles. The Kier molecular flexibility index (Phi) is 7.57. The van der Waals surface area contributed by atoms with Gasteiger partial charge in [0.15, 0.2) is 0 Å². The maximum absolute atomic E-state index is 12.1. The molecule has 4 rings (SSSR count). The van der Waals surface area contributed by atoms with Gasteiger partial charge in [0, 0.05) is 23.1 Å². The lowest BCUT2D eigenvalue weighted by atomic mass is 9.69. The van der Waals surface area contributed by atoms with E-state index in [1.807, 2.05) is 54.6 Å². The smallest absolute Gasteiger partial charge is 0.140 e. The largest absolute Gasteiger partial charge is 0.497 e. The van der Waals surface area contributed by atoms with E-state index in [1.165, 1.54) is 5.56 Å². The second kappa shape index (κ2) is 10.8. The quantitative estimate of drug-likeness (QED) is 0.531. The first-order valence-electron chi connectivity index (χ1n) is 12.0. The fraction of sp³-hybridized carbons (Fsp3) is 0.333. The first kappa shape index (κ1) is 23.9. The number of rotatable bonds is 6. The van der Waals surface area contributed by atoms with Gasteiger partial charge in [0.25, 0.3) is 0 Å². The number of piperidine rings is 1. The van der Waals surface area contributed by atoms with Crippen LogP contribution in [0.3, 0.4) is 0 Å². The minimum absolute atomic E-state index is 0.00314. The molecule has 0 aromatic heterocycles. The van der Waals surface area contributed by atoms with E-state index in [-0.39, 0.29) is 18.0 Å². The van der Waals surface area contributed by atoms with Crippen LogP contribution in [0.1, 0.15) is 55.0 Å². The Balaban J connectivity index is 1.76. The maximum Gasteiger partial charge on any atom is 0.140 e. The Morgan fingerprint density at radius 3 is 2.03 bits per heavy atom. The van der Waals surface area contributed by atoms with Gasteiger partial charge in [0.1, 0.15) is 29.2 Å². The highest BCUT2D eigenvalue weighted by Crippen LogP contribution is 2.41. The zero-order valence-corrected chi connectivity index (χ0v) is 20.2. The van der Waals surface area contributed by atoms with E-state index in [9.17, 15) is 5.11 Å². The Morgan fingerprint density at radius 2 is 1.47 bits per heavy atom. The predicted octanol–water partition coefficient (Wildman–Crippen LogP) is 4.65. The lowest BCUT2D eigenvalue weighted by Crippen LogP contribution is -2.91. The molecule has 0 amide bonds. The molecule has 1 aliphatic rings. The van der Waals surface area contributed by atoms with E-state index < -0.39 is 5.60 Å². The van der Waals surface area contributed by atoms with Crippen LogP contribution in [0.5, 0.6) is 11.5 Å². The number of hydrogen-bond donors (Lipinski definition) is 2. The normalized spacial score (nSPS) is 24.1. The summed E-state index contributed by atoms with van der Waals surface area (Å²) in [4.78, 5) is 0. The van der Waals surface area contributed by atoms with E-state index in [2.05, 4.69) is 48.3 Å². The molecule has 3 N–H and O–H groups in total. The van der Waals surface area contributed by atoms with E-state index >= 15 is 0 Å². The summed E-state index contributed by atoms with van der Waals surface area (Å²) in [6.07, 6.45) is 2.44. The van der Waals surface area contributed by atoms with Crippen LogP contribution >= 0.6 is 0 Å². The van der Waals surface area contributed by atoms with Gasteiger partial charge in [-0.3, -0.25) is 0 Å². The highest BCUT2D eigenvalue weighted by atomic mass is 16.5. The third-order valence-corrected chi connectivity index (χ3v) is 6.86. The van der Waals surface area contributed by atoms with Gasteiger partial charge in [-0.15, -0.1) is 0 Å². The number of nitrogens with two attached hydrogens (primary N) is 1. The molecule has 4 atom stereocenters. The molecule has 1 saturated heterocycles. The molecule has 4 unspecified atom stereocenters. The van der Waals surface area contributed by atoms with Crippen molar-refractivity contribution >= 4 is 0 Å². The number of quaternary nitrogens is 1. The molecular formula is C30H34NO3+. The molecule has 0 aliphatic carbocycles. The van der Waals surface area contributed by atoms with Crippen LogP contribution in [-0.2, 0) is 0 Å². The molecule has 3 aromatic rings. The average molecular weight is 457 g/mol. The van der Waals surface area contributed by atoms with Gasteiger partial charge in [0.05, 0.1) is 20.1 Å². The SMILES string of the molecule is CCCC1C(c2ccc(OC)cc2)[NH2+]C(c2ccc(OC)cc2)CC1(O)C#Cc1ccccc1. The van der Waals surface area contributed by atoms with Gasteiger partial charge in [0.2, 0.25) is 0 Å². The van der Waals surface area contributed by atoms with Gasteiger partial charge in [-0.2, -0.15) is 0 Å². The molecule has 34 heavy (non-hydrogen) atoms. The van der Waals surface area contributed by atoms with Crippen LogP contribution in [0.2, 0.25) is 0 Å². The summed E-state index contributed by atoms with van der Waals surface area (Å²) < 4.78 is 10.7. The van der Waals surface area contributed by atoms with E-state index in [0.29, 0.717) is 6.42 Å².